The van der Waals surface area contributed by atoms with Crippen LogP contribution in [0.25, 0.3) is 55.3 Å². The maximum Gasteiger partial charge on any atom is 0.186 e. The van der Waals surface area contributed by atoms with Crippen LogP contribution in [0.5, 0.6) is 5.75 Å². The van der Waals surface area contributed by atoms with Crippen molar-refractivity contribution in [3.63, 3.8) is 0 Å². The molecule has 0 radical (unpaired) electrons. The molecule has 1 spiro atoms. The molecule has 1 unspecified atom stereocenters. The van der Waals surface area contributed by atoms with Gasteiger partial charge in [-0.2, -0.15) is 0 Å². The molecule has 0 saturated heterocycles. The summed E-state index contributed by atoms with van der Waals surface area (Å²) < 4.78 is 14.1. The average molecular weight is 666 g/mol. The van der Waals surface area contributed by atoms with Crippen LogP contribution in [-0.4, -0.2) is 0 Å². The van der Waals surface area contributed by atoms with Gasteiger partial charge in [-0.25, -0.2) is 0 Å². The summed E-state index contributed by atoms with van der Waals surface area (Å²) >= 11 is 0. The van der Waals surface area contributed by atoms with E-state index in [9.17, 15) is 0 Å². The Balaban J connectivity index is 1.20. The SMILES string of the molecule is c1ccc(-c2ccc(N(c3cccc4c3-c3ccccc3C43Oc4ccccc4-c4ccccc43)c3cccc4c3oc3ccccc34)cc2)cc1. The van der Waals surface area contributed by atoms with Crippen molar-refractivity contribution in [1.82, 2.24) is 0 Å². The maximum atomic E-state index is 7.34. The molecule has 0 N–H and O–H groups in total. The van der Waals surface area contributed by atoms with Gasteiger partial charge in [-0.15, -0.1) is 0 Å². The molecule has 0 fully saturated rings. The van der Waals surface area contributed by atoms with Crippen LogP contribution >= 0.6 is 0 Å². The Labute approximate surface area is 301 Å². The summed E-state index contributed by atoms with van der Waals surface area (Å²) in [6.07, 6.45) is 0. The topological polar surface area (TPSA) is 25.6 Å². The number of para-hydroxylation sites is 3. The molecule has 3 nitrogen and oxygen atoms in total. The van der Waals surface area contributed by atoms with Crippen LogP contribution in [-0.2, 0) is 5.60 Å². The number of nitrogens with zero attached hydrogens (tertiary/aromatic N) is 1. The summed E-state index contributed by atoms with van der Waals surface area (Å²) in [7, 11) is 0. The molecule has 52 heavy (non-hydrogen) atoms. The van der Waals surface area contributed by atoms with Crippen molar-refractivity contribution < 1.29 is 9.15 Å². The van der Waals surface area contributed by atoms with Gasteiger partial charge in [0.2, 0.25) is 0 Å². The molecule has 2 heterocycles. The zero-order valence-electron chi connectivity index (χ0n) is 28.2. The lowest BCUT2D eigenvalue weighted by Crippen LogP contribution is -2.36. The summed E-state index contributed by atoms with van der Waals surface area (Å²) in [5, 5.41) is 2.19. The van der Waals surface area contributed by atoms with Gasteiger partial charge in [0.1, 0.15) is 11.3 Å². The number of hydrogen-bond donors (Lipinski definition) is 0. The Morgan fingerprint density at radius 2 is 1.00 bits per heavy atom. The van der Waals surface area contributed by atoms with Gasteiger partial charge in [0.05, 0.1) is 11.4 Å². The minimum Gasteiger partial charge on any atom is -0.472 e. The van der Waals surface area contributed by atoms with Crippen molar-refractivity contribution >= 4 is 39.0 Å². The molecule has 2 aliphatic rings. The Morgan fingerprint density at radius 1 is 0.404 bits per heavy atom. The second kappa shape index (κ2) is 11.1. The van der Waals surface area contributed by atoms with Crippen LogP contribution in [0.2, 0.25) is 0 Å². The number of ether oxygens (including phenoxy) is 1. The fraction of sp³-hybridized carbons (Fsp3) is 0.0204. The largest absolute Gasteiger partial charge is 0.472 e. The molecule has 3 heteroatoms. The van der Waals surface area contributed by atoms with Crippen LogP contribution in [0.1, 0.15) is 16.7 Å². The van der Waals surface area contributed by atoms with Crippen LogP contribution in [0, 0.1) is 0 Å². The third-order valence-electron chi connectivity index (χ3n) is 10.8. The van der Waals surface area contributed by atoms with Crippen molar-refractivity contribution in [2.24, 2.45) is 0 Å². The third kappa shape index (κ3) is 4.02. The Bertz CT molecular complexity index is 2830. The first kappa shape index (κ1) is 28.9. The first-order valence-corrected chi connectivity index (χ1v) is 17.8. The third-order valence-corrected chi connectivity index (χ3v) is 10.8. The molecular formula is C49H31NO2. The zero-order valence-corrected chi connectivity index (χ0v) is 28.2. The zero-order chi connectivity index (χ0) is 34.2. The van der Waals surface area contributed by atoms with E-state index in [1.54, 1.807) is 0 Å². The van der Waals surface area contributed by atoms with Crippen molar-refractivity contribution in [2.45, 2.75) is 5.60 Å². The lowest BCUT2D eigenvalue weighted by molar-refractivity contribution is 0.157. The van der Waals surface area contributed by atoms with E-state index in [2.05, 4.69) is 181 Å². The normalized spacial score (nSPS) is 15.2. The van der Waals surface area contributed by atoms with E-state index in [0.717, 1.165) is 78.1 Å². The molecule has 11 rings (SSSR count). The van der Waals surface area contributed by atoms with E-state index in [1.165, 1.54) is 16.7 Å². The molecule has 1 atom stereocenters. The molecule has 0 bridgehead atoms. The minimum atomic E-state index is -0.832. The van der Waals surface area contributed by atoms with E-state index in [0.29, 0.717) is 0 Å². The predicted molar refractivity (Wildman–Crippen MR) is 212 cm³/mol. The smallest absolute Gasteiger partial charge is 0.186 e. The number of anilines is 3. The Morgan fingerprint density at radius 3 is 1.85 bits per heavy atom. The van der Waals surface area contributed by atoms with E-state index in [4.69, 9.17) is 9.15 Å². The predicted octanol–water partition coefficient (Wildman–Crippen LogP) is 13.1. The van der Waals surface area contributed by atoms with Crippen LogP contribution < -0.4 is 9.64 Å². The average Bonchev–Trinajstić information content (AvgIpc) is 3.74. The molecule has 0 amide bonds. The lowest BCUT2D eigenvalue weighted by atomic mass is 9.78. The van der Waals surface area contributed by atoms with Crippen LogP contribution in [0.3, 0.4) is 0 Å². The minimum absolute atomic E-state index is 0.832. The maximum absolute atomic E-state index is 7.34. The summed E-state index contributed by atoms with van der Waals surface area (Å²) in [5.41, 5.74) is 14.3. The van der Waals surface area contributed by atoms with Crippen molar-refractivity contribution in [2.75, 3.05) is 4.90 Å². The van der Waals surface area contributed by atoms with Gasteiger partial charge < -0.3 is 14.1 Å². The fourth-order valence-corrected chi connectivity index (χ4v) is 8.63. The standard InChI is InChI=1S/C49H31NO2/c1-2-14-32(15-3-1)33-28-30-34(31-29-33)50(44-25-12-20-38-37-18-6-10-26-45(37)51-48(38)44)43-24-13-23-42-47(43)39-19-5-9-22-41(39)49(42)40-21-8-4-16-35(40)36-17-7-11-27-46(36)52-49/h1-31H. The molecule has 1 aromatic heterocycles. The molecule has 1 aliphatic carbocycles. The molecule has 244 valence electrons. The summed E-state index contributed by atoms with van der Waals surface area (Å²) in [5.74, 6) is 0.884. The van der Waals surface area contributed by atoms with Crippen molar-refractivity contribution in [3.8, 4) is 39.1 Å². The number of fused-ring (bicyclic) bond motifs is 12. The highest BCUT2D eigenvalue weighted by molar-refractivity contribution is 6.11. The van der Waals surface area contributed by atoms with Gasteiger partial charge in [0.15, 0.2) is 11.2 Å². The monoisotopic (exact) mass is 665 g/mol. The van der Waals surface area contributed by atoms with Gasteiger partial charge in [-0.1, -0.05) is 152 Å². The van der Waals surface area contributed by atoms with Crippen molar-refractivity contribution in [1.29, 1.82) is 0 Å². The van der Waals surface area contributed by atoms with Gasteiger partial charge in [-0.3, -0.25) is 0 Å². The van der Waals surface area contributed by atoms with Crippen molar-refractivity contribution in [3.05, 3.63) is 205 Å². The first-order valence-electron chi connectivity index (χ1n) is 17.8. The van der Waals surface area contributed by atoms with Crippen LogP contribution in [0.4, 0.5) is 17.1 Å². The second-order valence-electron chi connectivity index (χ2n) is 13.6. The van der Waals surface area contributed by atoms with E-state index in [-0.39, 0.29) is 0 Å². The fourth-order valence-electron chi connectivity index (χ4n) is 8.63. The van der Waals surface area contributed by atoms with E-state index in [1.807, 2.05) is 12.1 Å². The summed E-state index contributed by atoms with van der Waals surface area (Å²) in [4.78, 5) is 2.37. The van der Waals surface area contributed by atoms with E-state index < -0.39 is 5.60 Å². The molecule has 8 aromatic carbocycles. The molecule has 0 saturated carbocycles. The highest BCUT2D eigenvalue weighted by Crippen LogP contribution is 2.61. The van der Waals surface area contributed by atoms with Gasteiger partial charge >= 0.3 is 0 Å². The highest BCUT2D eigenvalue weighted by atomic mass is 16.5. The second-order valence-corrected chi connectivity index (χ2v) is 13.6. The number of rotatable bonds is 4. The van der Waals surface area contributed by atoms with Gasteiger partial charge in [0, 0.05) is 44.3 Å². The highest BCUT2D eigenvalue weighted by Gasteiger charge is 2.51. The Kier molecular flexibility index (Phi) is 6.17. The quantitative estimate of drug-likeness (QED) is 0.187. The number of furan rings is 1. The summed E-state index contributed by atoms with van der Waals surface area (Å²) in [6, 6.07) is 66.7. The van der Waals surface area contributed by atoms with Gasteiger partial charge in [0.25, 0.3) is 0 Å². The lowest BCUT2D eigenvalue weighted by Gasteiger charge is -2.39. The Hall–Kier alpha value is -6.84. The first-order chi connectivity index (χ1) is 25.8. The molecule has 9 aromatic rings. The van der Waals surface area contributed by atoms with E-state index >= 15 is 0 Å². The van der Waals surface area contributed by atoms with Gasteiger partial charge in [-0.05, 0) is 58.7 Å². The molecule has 1 aliphatic heterocycles. The molecular weight excluding hydrogens is 635 g/mol. The number of hydrogen-bond acceptors (Lipinski definition) is 3. The number of benzene rings is 8. The van der Waals surface area contributed by atoms with Crippen LogP contribution in [0.15, 0.2) is 192 Å². The summed E-state index contributed by atoms with van der Waals surface area (Å²) in [6.45, 7) is 0.